The average Bonchev–Trinajstić information content (AvgIpc) is 2.50. The monoisotopic (exact) mass is 233 g/mol. The van der Waals surface area contributed by atoms with E-state index >= 15 is 0 Å². The Bertz CT molecular complexity index is 528. The number of thiazole rings is 1. The minimum Gasteiger partial charge on any atom is -0.397 e. The van der Waals surface area contributed by atoms with E-state index in [2.05, 4.69) is 16.4 Å². The van der Waals surface area contributed by atoms with Crippen molar-refractivity contribution in [3.8, 4) is 0 Å². The number of nitrogen functional groups attached to an aromatic ring is 1. The van der Waals surface area contributed by atoms with Crippen LogP contribution in [0.25, 0.3) is 10.2 Å². The number of benzene rings is 1. The van der Waals surface area contributed by atoms with Gasteiger partial charge in [-0.2, -0.15) is 0 Å². The number of hydrogen-bond acceptors (Lipinski definition) is 4. The van der Waals surface area contributed by atoms with Gasteiger partial charge in [-0.3, -0.25) is 0 Å². The van der Waals surface area contributed by atoms with Gasteiger partial charge >= 0.3 is 0 Å². The molecule has 1 aromatic carbocycles. The summed E-state index contributed by atoms with van der Waals surface area (Å²) in [6.07, 6.45) is 3.84. The first-order valence-corrected chi connectivity index (χ1v) is 6.47. The quantitative estimate of drug-likeness (QED) is 0.783. The molecule has 16 heavy (non-hydrogen) atoms. The van der Waals surface area contributed by atoms with E-state index in [1.165, 1.54) is 24.0 Å². The van der Waals surface area contributed by atoms with Crippen molar-refractivity contribution in [2.45, 2.75) is 32.2 Å². The van der Waals surface area contributed by atoms with E-state index in [9.17, 15) is 0 Å². The highest BCUT2D eigenvalue weighted by molar-refractivity contribution is 7.18. The Kier molecular flexibility index (Phi) is 2.24. The molecule has 4 heteroatoms. The highest BCUT2D eigenvalue weighted by Crippen LogP contribution is 2.32. The van der Waals surface area contributed by atoms with Crippen molar-refractivity contribution in [1.82, 2.24) is 4.98 Å². The fourth-order valence-electron chi connectivity index (χ4n) is 2.00. The zero-order valence-corrected chi connectivity index (χ0v) is 10.1. The summed E-state index contributed by atoms with van der Waals surface area (Å²) in [5.41, 5.74) is 8.97. The van der Waals surface area contributed by atoms with Gasteiger partial charge in [-0.1, -0.05) is 0 Å². The Balaban J connectivity index is 1.99. The van der Waals surface area contributed by atoms with E-state index in [1.54, 1.807) is 11.3 Å². The van der Waals surface area contributed by atoms with E-state index in [-0.39, 0.29) is 0 Å². The third kappa shape index (κ3) is 1.63. The van der Waals surface area contributed by atoms with E-state index in [4.69, 9.17) is 5.73 Å². The summed E-state index contributed by atoms with van der Waals surface area (Å²) in [5.74, 6) is 0. The van der Waals surface area contributed by atoms with Crippen LogP contribution in [0.2, 0.25) is 0 Å². The van der Waals surface area contributed by atoms with Gasteiger partial charge in [0.1, 0.15) is 0 Å². The summed E-state index contributed by atoms with van der Waals surface area (Å²) in [5, 5.41) is 4.58. The Hall–Kier alpha value is -1.29. The Labute approximate surface area is 98.7 Å². The molecule has 0 amide bonds. The summed E-state index contributed by atoms with van der Waals surface area (Å²) in [6.45, 7) is 2.03. The van der Waals surface area contributed by atoms with Gasteiger partial charge < -0.3 is 11.1 Å². The molecule has 1 aliphatic rings. The fourth-order valence-corrected chi connectivity index (χ4v) is 2.86. The molecule has 1 saturated carbocycles. The molecular weight excluding hydrogens is 218 g/mol. The van der Waals surface area contributed by atoms with Crippen molar-refractivity contribution in [2.24, 2.45) is 0 Å². The maximum absolute atomic E-state index is 6.04. The second-order valence-corrected chi connectivity index (χ2v) is 5.65. The number of aryl methyl sites for hydroxylation is 1. The molecule has 3 nitrogen and oxygen atoms in total. The molecule has 1 aliphatic carbocycles. The molecule has 0 saturated heterocycles. The number of anilines is 2. The minimum absolute atomic E-state index is 0.611. The first kappa shape index (κ1) is 9.90. The largest absolute Gasteiger partial charge is 0.397 e. The van der Waals surface area contributed by atoms with Gasteiger partial charge in [0.15, 0.2) is 0 Å². The van der Waals surface area contributed by atoms with Crippen LogP contribution >= 0.6 is 11.3 Å². The van der Waals surface area contributed by atoms with Crippen molar-refractivity contribution < 1.29 is 0 Å². The maximum atomic E-state index is 6.04. The lowest BCUT2D eigenvalue weighted by atomic mass is 9.93. The van der Waals surface area contributed by atoms with E-state index in [1.807, 2.05) is 13.0 Å². The second-order valence-electron chi connectivity index (χ2n) is 4.41. The fraction of sp³-hybridized carbons (Fsp3) is 0.417. The molecule has 0 atom stereocenters. The first-order valence-electron chi connectivity index (χ1n) is 5.65. The lowest BCUT2D eigenvalue weighted by Gasteiger charge is -2.28. The van der Waals surface area contributed by atoms with Gasteiger partial charge in [-0.25, -0.2) is 4.98 Å². The Morgan fingerprint density at radius 1 is 1.44 bits per heavy atom. The molecule has 3 rings (SSSR count). The van der Waals surface area contributed by atoms with Crippen LogP contribution in [0.5, 0.6) is 0 Å². The summed E-state index contributed by atoms with van der Waals surface area (Å²) >= 11 is 1.69. The second kappa shape index (κ2) is 3.63. The Morgan fingerprint density at radius 3 is 2.94 bits per heavy atom. The predicted octanol–water partition coefficient (Wildman–Crippen LogP) is 3.15. The maximum Gasteiger partial charge on any atom is 0.0907 e. The van der Waals surface area contributed by atoms with Crippen molar-refractivity contribution in [3.05, 3.63) is 17.1 Å². The summed E-state index contributed by atoms with van der Waals surface area (Å²) in [6, 6.07) is 4.72. The Morgan fingerprint density at radius 2 is 2.25 bits per heavy atom. The number of nitrogens with two attached hydrogens (primary N) is 1. The van der Waals surface area contributed by atoms with Crippen LogP contribution in [0.3, 0.4) is 0 Å². The third-order valence-electron chi connectivity index (χ3n) is 3.13. The van der Waals surface area contributed by atoms with E-state index in [0.29, 0.717) is 6.04 Å². The molecule has 2 aromatic rings. The zero-order chi connectivity index (χ0) is 11.1. The van der Waals surface area contributed by atoms with Crippen molar-refractivity contribution in [1.29, 1.82) is 0 Å². The van der Waals surface area contributed by atoms with Crippen LogP contribution < -0.4 is 11.1 Å². The van der Waals surface area contributed by atoms with Crippen LogP contribution in [0.1, 0.15) is 24.3 Å². The molecule has 0 radical (unpaired) electrons. The lowest BCUT2D eigenvalue weighted by molar-refractivity contribution is 0.446. The summed E-state index contributed by atoms with van der Waals surface area (Å²) in [4.78, 5) is 4.49. The van der Waals surface area contributed by atoms with E-state index in [0.717, 1.165) is 21.9 Å². The van der Waals surface area contributed by atoms with Crippen molar-refractivity contribution in [2.75, 3.05) is 11.1 Å². The highest BCUT2D eigenvalue weighted by atomic mass is 32.1. The number of rotatable bonds is 2. The first-order chi connectivity index (χ1) is 7.72. The normalized spacial score (nSPS) is 16.3. The van der Waals surface area contributed by atoms with Crippen LogP contribution in [0.15, 0.2) is 12.1 Å². The molecule has 0 bridgehead atoms. The van der Waals surface area contributed by atoms with Gasteiger partial charge in [0.25, 0.3) is 0 Å². The smallest absolute Gasteiger partial charge is 0.0907 e. The number of nitrogens with one attached hydrogen (secondary N) is 1. The van der Waals surface area contributed by atoms with Gasteiger partial charge in [0, 0.05) is 6.04 Å². The molecular formula is C12H15N3S. The molecule has 0 spiro atoms. The number of aromatic nitrogens is 1. The highest BCUT2D eigenvalue weighted by Gasteiger charge is 2.18. The minimum atomic E-state index is 0.611. The molecule has 1 heterocycles. The number of hydrogen-bond donors (Lipinski definition) is 2. The van der Waals surface area contributed by atoms with E-state index < -0.39 is 0 Å². The van der Waals surface area contributed by atoms with Gasteiger partial charge in [0.2, 0.25) is 0 Å². The molecule has 84 valence electrons. The molecule has 0 aliphatic heterocycles. The van der Waals surface area contributed by atoms with Crippen LogP contribution in [0.4, 0.5) is 11.4 Å². The number of fused-ring (bicyclic) bond motifs is 1. The molecule has 1 aromatic heterocycles. The lowest BCUT2D eigenvalue weighted by Crippen LogP contribution is -2.27. The van der Waals surface area contributed by atoms with Crippen molar-refractivity contribution >= 4 is 32.9 Å². The SMILES string of the molecule is Cc1nc2cc(NC3CCC3)c(N)cc2s1. The summed E-state index contributed by atoms with van der Waals surface area (Å²) in [7, 11) is 0. The predicted molar refractivity (Wildman–Crippen MR) is 70.0 cm³/mol. The topological polar surface area (TPSA) is 50.9 Å². The average molecular weight is 233 g/mol. The summed E-state index contributed by atoms with van der Waals surface area (Å²) < 4.78 is 1.18. The third-order valence-corrected chi connectivity index (χ3v) is 4.07. The standard InChI is InChI=1S/C12H15N3S/c1-7-14-11-6-10(15-8-3-2-4-8)9(13)5-12(11)16-7/h5-6,8,15H,2-4,13H2,1H3. The van der Waals surface area contributed by atoms with Crippen LogP contribution in [-0.4, -0.2) is 11.0 Å². The van der Waals surface area contributed by atoms with Crippen molar-refractivity contribution in [3.63, 3.8) is 0 Å². The van der Waals surface area contributed by atoms with Gasteiger partial charge in [-0.05, 0) is 38.3 Å². The van der Waals surface area contributed by atoms with Crippen LogP contribution in [-0.2, 0) is 0 Å². The molecule has 1 fully saturated rings. The van der Waals surface area contributed by atoms with Gasteiger partial charge in [0.05, 0.1) is 26.6 Å². The number of nitrogens with zero attached hydrogens (tertiary/aromatic N) is 1. The zero-order valence-electron chi connectivity index (χ0n) is 9.29. The van der Waals surface area contributed by atoms with Crippen LogP contribution in [0, 0.1) is 6.92 Å². The molecule has 0 unspecified atom stereocenters. The molecule has 3 N–H and O–H groups in total. The van der Waals surface area contributed by atoms with Gasteiger partial charge in [-0.15, -0.1) is 11.3 Å².